The van der Waals surface area contributed by atoms with Gasteiger partial charge < -0.3 is 0 Å². The topological polar surface area (TPSA) is 17.1 Å². The number of hydrogen-bond donors (Lipinski definition) is 0. The smallest absolute Gasteiger partial charge is 0.150 e. The number of rotatable bonds is 2. The summed E-state index contributed by atoms with van der Waals surface area (Å²) < 4.78 is 0. The van der Waals surface area contributed by atoms with Gasteiger partial charge in [-0.15, -0.1) is 0 Å². The summed E-state index contributed by atoms with van der Waals surface area (Å²) in [5.41, 5.74) is 1.41. The molecule has 1 nitrogen and oxygen atoms in total. The Hall–Kier alpha value is -0.530. The van der Waals surface area contributed by atoms with Crippen molar-refractivity contribution in [2.24, 2.45) is 0 Å². The Kier molecular flexibility index (Phi) is 3.34. The monoisotopic (exact) mass is 216 g/mol. The van der Waals surface area contributed by atoms with E-state index in [0.29, 0.717) is 15.6 Å². The minimum absolute atomic E-state index is 0.265. The van der Waals surface area contributed by atoms with Crippen molar-refractivity contribution in [1.29, 1.82) is 0 Å². The first-order valence-electron chi connectivity index (χ1n) is 4.00. The molecule has 0 atom stereocenters. The summed E-state index contributed by atoms with van der Waals surface area (Å²) in [5.74, 6) is 0.265. The Balaban J connectivity index is 3.31. The van der Waals surface area contributed by atoms with Gasteiger partial charge in [-0.1, -0.05) is 37.0 Å². The third-order valence-corrected chi connectivity index (χ3v) is 2.44. The summed E-state index contributed by atoms with van der Waals surface area (Å²) in [6, 6.07) is 3.27. The van der Waals surface area contributed by atoms with E-state index in [-0.39, 0.29) is 5.92 Å². The average Bonchev–Trinajstić information content (AvgIpc) is 2.02. The fourth-order valence-electron chi connectivity index (χ4n) is 1.22. The predicted octanol–water partition coefficient (Wildman–Crippen LogP) is 3.93. The van der Waals surface area contributed by atoms with Crippen molar-refractivity contribution in [3.63, 3.8) is 0 Å². The van der Waals surface area contributed by atoms with Gasteiger partial charge in [-0.25, -0.2) is 0 Å². The number of carbonyl (C=O) groups excluding carboxylic acids is 1. The standard InChI is InChI=1S/C10H10Cl2O/c1-6(2)10-8(11)3-7(5-13)4-9(10)12/h3-6H,1-2H3. The van der Waals surface area contributed by atoms with Gasteiger partial charge in [0.2, 0.25) is 0 Å². The zero-order valence-electron chi connectivity index (χ0n) is 7.47. The average molecular weight is 217 g/mol. The Morgan fingerprint density at radius 1 is 1.23 bits per heavy atom. The molecule has 0 saturated carbocycles. The van der Waals surface area contributed by atoms with Gasteiger partial charge in [0.15, 0.2) is 0 Å². The molecule has 0 radical (unpaired) electrons. The zero-order valence-corrected chi connectivity index (χ0v) is 8.99. The van der Waals surface area contributed by atoms with Gasteiger partial charge in [-0.3, -0.25) is 4.79 Å². The summed E-state index contributed by atoms with van der Waals surface area (Å²) in [7, 11) is 0. The Bertz CT molecular complexity index is 309. The molecular formula is C10H10Cl2O. The first-order valence-corrected chi connectivity index (χ1v) is 4.76. The molecule has 70 valence electrons. The number of carbonyl (C=O) groups is 1. The van der Waals surface area contributed by atoms with Crippen LogP contribution in [0.15, 0.2) is 12.1 Å². The van der Waals surface area contributed by atoms with Crippen LogP contribution in [-0.2, 0) is 0 Å². The van der Waals surface area contributed by atoms with Crippen LogP contribution in [0.25, 0.3) is 0 Å². The summed E-state index contributed by atoms with van der Waals surface area (Å²) in [4.78, 5) is 10.5. The molecule has 0 saturated heterocycles. The van der Waals surface area contributed by atoms with Crippen LogP contribution >= 0.6 is 23.2 Å². The van der Waals surface area contributed by atoms with E-state index in [4.69, 9.17) is 23.2 Å². The highest BCUT2D eigenvalue weighted by Gasteiger charge is 2.10. The van der Waals surface area contributed by atoms with E-state index in [1.165, 1.54) is 0 Å². The van der Waals surface area contributed by atoms with Gasteiger partial charge in [0.25, 0.3) is 0 Å². The van der Waals surface area contributed by atoms with Crippen LogP contribution in [0.1, 0.15) is 35.7 Å². The lowest BCUT2D eigenvalue weighted by Gasteiger charge is -2.10. The molecule has 0 aliphatic carbocycles. The molecule has 0 aliphatic rings. The highest BCUT2D eigenvalue weighted by Crippen LogP contribution is 2.32. The fourth-order valence-corrected chi connectivity index (χ4v) is 2.16. The molecule has 1 aromatic rings. The van der Waals surface area contributed by atoms with E-state index in [1.807, 2.05) is 13.8 Å². The highest BCUT2D eigenvalue weighted by atomic mass is 35.5. The quantitative estimate of drug-likeness (QED) is 0.686. The number of hydrogen-bond acceptors (Lipinski definition) is 1. The van der Waals surface area contributed by atoms with Crippen LogP contribution in [0.3, 0.4) is 0 Å². The lowest BCUT2D eigenvalue weighted by molar-refractivity contribution is 0.112. The largest absolute Gasteiger partial charge is 0.298 e. The van der Waals surface area contributed by atoms with Gasteiger partial charge >= 0.3 is 0 Å². The first kappa shape index (κ1) is 10.6. The second-order valence-electron chi connectivity index (χ2n) is 3.17. The van der Waals surface area contributed by atoms with Crippen molar-refractivity contribution in [2.75, 3.05) is 0 Å². The lowest BCUT2D eigenvalue weighted by Crippen LogP contribution is -1.92. The van der Waals surface area contributed by atoms with Crippen molar-refractivity contribution in [3.8, 4) is 0 Å². The van der Waals surface area contributed by atoms with Gasteiger partial charge in [-0.05, 0) is 23.6 Å². The van der Waals surface area contributed by atoms with Crippen LogP contribution in [-0.4, -0.2) is 6.29 Å². The van der Waals surface area contributed by atoms with Crippen molar-refractivity contribution in [3.05, 3.63) is 33.3 Å². The molecule has 0 amide bonds. The molecule has 0 spiro atoms. The van der Waals surface area contributed by atoms with E-state index in [9.17, 15) is 4.79 Å². The molecule has 3 heteroatoms. The SMILES string of the molecule is CC(C)c1c(Cl)cc(C=O)cc1Cl. The maximum atomic E-state index is 10.5. The predicted molar refractivity (Wildman–Crippen MR) is 55.9 cm³/mol. The normalized spacial score (nSPS) is 10.5. The van der Waals surface area contributed by atoms with Crippen molar-refractivity contribution in [2.45, 2.75) is 19.8 Å². The molecule has 1 aromatic carbocycles. The molecular weight excluding hydrogens is 207 g/mol. The van der Waals surface area contributed by atoms with E-state index in [2.05, 4.69) is 0 Å². The van der Waals surface area contributed by atoms with E-state index in [0.717, 1.165) is 11.8 Å². The van der Waals surface area contributed by atoms with Crippen LogP contribution in [0.2, 0.25) is 10.0 Å². The molecule has 1 rings (SSSR count). The molecule has 0 N–H and O–H groups in total. The van der Waals surface area contributed by atoms with Gasteiger partial charge in [0.1, 0.15) is 6.29 Å². The maximum Gasteiger partial charge on any atom is 0.150 e. The molecule has 0 aromatic heterocycles. The van der Waals surface area contributed by atoms with Gasteiger partial charge in [-0.2, -0.15) is 0 Å². The van der Waals surface area contributed by atoms with E-state index in [1.54, 1.807) is 12.1 Å². The number of benzene rings is 1. The Morgan fingerprint density at radius 3 is 2.00 bits per heavy atom. The fraction of sp³-hybridized carbons (Fsp3) is 0.300. The molecule has 13 heavy (non-hydrogen) atoms. The van der Waals surface area contributed by atoms with Crippen LogP contribution < -0.4 is 0 Å². The van der Waals surface area contributed by atoms with Crippen molar-refractivity contribution < 1.29 is 4.79 Å². The second-order valence-corrected chi connectivity index (χ2v) is 3.99. The summed E-state index contributed by atoms with van der Waals surface area (Å²) >= 11 is 11.9. The number of halogens is 2. The molecule has 0 heterocycles. The summed E-state index contributed by atoms with van der Waals surface area (Å²) in [6.45, 7) is 4.02. The number of aldehydes is 1. The molecule has 0 bridgehead atoms. The van der Waals surface area contributed by atoms with Crippen molar-refractivity contribution in [1.82, 2.24) is 0 Å². The Labute approximate surface area is 87.7 Å². The van der Waals surface area contributed by atoms with Crippen LogP contribution in [0.4, 0.5) is 0 Å². The second kappa shape index (κ2) is 4.12. The molecule has 0 fully saturated rings. The highest BCUT2D eigenvalue weighted by molar-refractivity contribution is 6.36. The third kappa shape index (κ3) is 2.23. The van der Waals surface area contributed by atoms with Gasteiger partial charge in [0.05, 0.1) is 0 Å². The summed E-state index contributed by atoms with van der Waals surface area (Å²) in [6.07, 6.45) is 0.738. The first-order chi connectivity index (χ1) is 6.06. The lowest BCUT2D eigenvalue weighted by atomic mass is 10.0. The van der Waals surface area contributed by atoms with Crippen LogP contribution in [0, 0.1) is 0 Å². The van der Waals surface area contributed by atoms with Gasteiger partial charge in [0, 0.05) is 15.6 Å². The third-order valence-electron chi connectivity index (χ3n) is 1.81. The summed E-state index contributed by atoms with van der Waals surface area (Å²) in [5, 5.41) is 1.12. The van der Waals surface area contributed by atoms with E-state index >= 15 is 0 Å². The van der Waals surface area contributed by atoms with E-state index < -0.39 is 0 Å². The maximum absolute atomic E-state index is 10.5. The van der Waals surface area contributed by atoms with Crippen LogP contribution in [0.5, 0.6) is 0 Å². The molecule has 0 aliphatic heterocycles. The molecule has 0 unspecified atom stereocenters. The zero-order chi connectivity index (χ0) is 10.0. The Morgan fingerprint density at radius 2 is 1.69 bits per heavy atom. The van der Waals surface area contributed by atoms with Crippen molar-refractivity contribution >= 4 is 29.5 Å². The minimum atomic E-state index is 0.265. The minimum Gasteiger partial charge on any atom is -0.298 e.